The van der Waals surface area contributed by atoms with Crippen LogP contribution in [0.25, 0.3) is 0 Å². The van der Waals surface area contributed by atoms with Crippen molar-refractivity contribution in [1.29, 1.82) is 0 Å². The second kappa shape index (κ2) is 7.23. The lowest BCUT2D eigenvalue weighted by Crippen LogP contribution is -2.47. The van der Waals surface area contributed by atoms with Gasteiger partial charge in [-0.2, -0.15) is 0 Å². The molecule has 0 radical (unpaired) electrons. The van der Waals surface area contributed by atoms with Crippen molar-refractivity contribution >= 4 is 5.82 Å². The topological polar surface area (TPSA) is 31.4 Å². The highest BCUT2D eigenvalue weighted by atomic mass is 15.3. The number of hydrogen-bond acceptors (Lipinski definition) is 4. The Morgan fingerprint density at radius 3 is 2.62 bits per heavy atom. The van der Waals surface area contributed by atoms with Crippen LogP contribution in [-0.4, -0.2) is 49.2 Å². The zero-order valence-corrected chi connectivity index (χ0v) is 13.2. The molecular weight excluding hydrogens is 260 g/mol. The molecule has 0 aromatic carbocycles. The Balaban J connectivity index is 1.45. The summed E-state index contributed by atoms with van der Waals surface area (Å²) in [7, 11) is 0. The number of nitrogens with one attached hydrogen (secondary N) is 1. The predicted molar refractivity (Wildman–Crippen MR) is 87.6 cm³/mol. The average Bonchev–Trinajstić information content (AvgIpc) is 3.33. The Bertz CT molecular complexity index is 419. The highest BCUT2D eigenvalue weighted by Crippen LogP contribution is 2.30. The van der Waals surface area contributed by atoms with Crippen LogP contribution in [-0.2, 0) is 6.54 Å². The summed E-state index contributed by atoms with van der Waals surface area (Å²) in [6.45, 7) is 10.1. The van der Waals surface area contributed by atoms with E-state index in [9.17, 15) is 0 Å². The third-order valence-corrected chi connectivity index (χ3v) is 4.47. The minimum absolute atomic E-state index is 0.927. The first kappa shape index (κ1) is 14.8. The first-order chi connectivity index (χ1) is 10.3. The molecule has 21 heavy (non-hydrogen) atoms. The number of nitrogens with zero attached hydrogens (tertiary/aromatic N) is 3. The molecule has 0 amide bonds. The van der Waals surface area contributed by atoms with Crippen molar-refractivity contribution in [2.45, 2.75) is 32.7 Å². The normalized spacial score (nSPS) is 20.0. The number of pyridine rings is 1. The van der Waals surface area contributed by atoms with Crippen molar-refractivity contribution in [2.75, 3.05) is 44.2 Å². The van der Waals surface area contributed by atoms with Crippen LogP contribution in [0.3, 0.4) is 0 Å². The van der Waals surface area contributed by atoms with Crippen LogP contribution in [0.1, 0.15) is 31.7 Å². The van der Waals surface area contributed by atoms with E-state index >= 15 is 0 Å². The summed E-state index contributed by atoms with van der Waals surface area (Å²) in [4.78, 5) is 9.69. The molecule has 1 saturated carbocycles. The second-order valence-corrected chi connectivity index (χ2v) is 6.43. The minimum Gasteiger partial charge on any atom is -0.354 e. The summed E-state index contributed by atoms with van der Waals surface area (Å²) >= 11 is 0. The van der Waals surface area contributed by atoms with Crippen LogP contribution in [0.15, 0.2) is 18.3 Å². The maximum atomic E-state index is 4.65. The number of aromatic nitrogens is 1. The van der Waals surface area contributed by atoms with Gasteiger partial charge in [0.25, 0.3) is 0 Å². The summed E-state index contributed by atoms with van der Waals surface area (Å²) in [5, 5.41) is 3.42. The van der Waals surface area contributed by atoms with Gasteiger partial charge in [0.05, 0.1) is 0 Å². The van der Waals surface area contributed by atoms with E-state index < -0.39 is 0 Å². The van der Waals surface area contributed by atoms with Gasteiger partial charge in [-0.3, -0.25) is 4.90 Å². The van der Waals surface area contributed by atoms with Crippen molar-refractivity contribution in [3.8, 4) is 0 Å². The second-order valence-electron chi connectivity index (χ2n) is 6.43. The fraction of sp³-hybridized carbons (Fsp3) is 0.706. The Kier molecular flexibility index (Phi) is 5.09. The zero-order chi connectivity index (χ0) is 14.5. The molecule has 0 atom stereocenters. The van der Waals surface area contributed by atoms with Crippen molar-refractivity contribution in [2.24, 2.45) is 5.92 Å². The van der Waals surface area contributed by atoms with Crippen molar-refractivity contribution in [3.05, 3.63) is 23.9 Å². The highest BCUT2D eigenvalue weighted by molar-refractivity contribution is 5.39. The molecule has 2 aliphatic rings. The van der Waals surface area contributed by atoms with Crippen molar-refractivity contribution in [1.82, 2.24) is 15.2 Å². The summed E-state index contributed by atoms with van der Waals surface area (Å²) < 4.78 is 0. The Morgan fingerprint density at radius 1 is 1.19 bits per heavy atom. The number of rotatable bonds is 7. The largest absolute Gasteiger partial charge is 0.354 e. The SMILES string of the molecule is CCCNCc1ccc(N2CCN(CC3CC3)CC2)nc1. The molecule has 2 fully saturated rings. The van der Waals surface area contributed by atoms with Crippen LogP contribution in [0.2, 0.25) is 0 Å². The van der Waals surface area contributed by atoms with Crippen LogP contribution >= 0.6 is 0 Å². The standard InChI is InChI=1S/C17H28N4/c1-2-7-18-12-16-5-6-17(19-13-16)21-10-8-20(9-11-21)14-15-3-4-15/h5-6,13,15,18H,2-4,7-12,14H2,1H3. The van der Waals surface area contributed by atoms with Crippen LogP contribution in [0.4, 0.5) is 5.82 Å². The van der Waals surface area contributed by atoms with Gasteiger partial charge in [0, 0.05) is 45.5 Å². The van der Waals surface area contributed by atoms with E-state index in [0.29, 0.717) is 0 Å². The van der Waals surface area contributed by atoms with Gasteiger partial charge in [-0.15, -0.1) is 0 Å². The molecule has 1 aliphatic heterocycles. The molecule has 0 spiro atoms. The highest BCUT2D eigenvalue weighted by Gasteiger charge is 2.26. The summed E-state index contributed by atoms with van der Waals surface area (Å²) in [5.41, 5.74) is 1.28. The third-order valence-electron chi connectivity index (χ3n) is 4.47. The number of piperazine rings is 1. The van der Waals surface area contributed by atoms with E-state index in [-0.39, 0.29) is 0 Å². The van der Waals surface area contributed by atoms with Crippen LogP contribution in [0, 0.1) is 5.92 Å². The fourth-order valence-corrected chi connectivity index (χ4v) is 2.94. The van der Waals surface area contributed by atoms with Crippen molar-refractivity contribution in [3.63, 3.8) is 0 Å². The smallest absolute Gasteiger partial charge is 0.128 e. The van der Waals surface area contributed by atoms with E-state index in [1.165, 1.54) is 44.5 Å². The zero-order valence-electron chi connectivity index (χ0n) is 13.2. The molecule has 4 nitrogen and oxygen atoms in total. The molecule has 116 valence electrons. The lowest BCUT2D eigenvalue weighted by Gasteiger charge is -2.35. The fourth-order valence-electron chi connectivity index (χ4n) is 2.94. The summed E-state index contributed by atoms with van der Waals surface area (Å²) in [6.07, 6.45) is 6.11. The lowest BCUT2D eigenvalue weighted by atomic mass is 10.2. The maximum Gasteiger partial charge on any atom is 0.128 e. The monoisotopic (exact) mass is 288 g/mol. The average molecular weight is 288 g/mol. The number of anilines is 1. The van der Waals surface area contributed by atoms with Crippen LogP contribution in [0.5, 0.6) is 0 Å². The molecule has 1 aromatic heterocycles. The Hall–Kier alpha value is -1.13. The van der Waals surface area contributed by atoms with Gasteiger partial charge < -0.3 is 10.2 Å². The summed E-state index contributed by atoms with van der Waals surface area (Å²) in [5.74, 6) is 2.14. The molecule has 0 bridgehead atoms. The molecule has 1 saturated heterocycles. The summed E-state index contributed by atoms with van der Waals surface area (Å²) in [6, 6.07) is 4.39. The minimum atomic E-state index is 0.927. The van der Waals surface area contributed by atoms with Gasteiger partial charge in [-0.1, -0.05) is 13.0 Å². The van der Waals surface area contributed by atoms with Gasteiger partial charge in [0.15, 0.2) is 0 Å². The predicted octanol–water partition coefficient (Wildman–Crippen LogP) is 2.11. The van der Waals surface area contributed by atoms with E-state index in [1.807, 2.05) is 6.20 Å². The van der Waals surface area contributed by atoms with Gasteiger partial charge in [-0.05, 0) is 43.4 Å². The first-order valence-corrected chi connectivity index (χ1v) is 8.48. The molecule has 2 heterocycles. The molecule has 3 rings (SSSR count). The third kappa shape index (κ3) is 4.42. The van der Waals surface area contributed by atoms with Gasteiger partial charge in [0.2, 0.25) is 0 Å². The van der Waals surface area contributed by atoms with E-state index in [4.69, 9.17) is 0 Å². The molecule has 0 unspecified atom stereocenters. The van der Waals surface area contributed by atoms with Crippen LogP contribution < -0.4 is 10.2 Å². The number of hydrogen-bond donors (Lipinski definition) is 1. The Morgan fingerprint density at radius 2 is 2.00 bits per heavy atom. The molecule has 1 aliphatic carbocycles. The molecular formula is C17H28N4. The molecule has 1 N–H and O–H groups in total. The Labute approximate surface area is 128 Å². The lowest BCUT2D eigenvalue weighted by molar-refractivity contribution is 0.247. The van der Waals surface area contributed by atoms with Gasteiger partial charge in [-0.25, -0.2) is 4.98 Å². The van der Waals surface area contributed by atoms with E-state index in [1.54, 1.807) is 0 Å². The van der Waals surface area contributed by atoms with Crippen molar-refractivity contribution < 1.29 is 0 Å². The van der Waals surface area contributed by atoms with E-state index in [0.717, 1.165) is 37.9 Å². The maximum absolute atomic E-state index is 4.65. The van der Waals surface area contributed by atoms with Gasteiger partial charge >= 0.3 is 0 Å². The molecule has 1 aromatic rings. The molecule has 4 heteroatoms. The van der Waals surface area contributed by atoms with E-state index in [2.05, 4.69) is 39.2 Å². The first-order valence-electron chi connectivity index (χ1n) is 8.48. The van der Waals surface area contributed by atoms with Gasteiger partial charge in [0.1, 0.15) is 5.82 Å². The quantitative estimate of drug-likeness (QED) is 0.779.